The van der Waals surface area contributed by atoms with Gasteiger partial charge in [0.2, 0.25) is 0 Å². The van der Waals surface area contributed by atoms with Gasteiger partial charge in [-0.2, -0.15) is 5.26 Å². The van der Waals surface area contributed by atoms with Gasteiger partial charge >= 0.3 is 0 Å². The standard InChI is InChI=1S/C18H12BrFN2O2S/c19-14-3-6-18-17(8-14)13(10-22-18)7-16(9-21)25(23,24)11-12-1-4-15(20)5-2-12/h1-8,10,22H,11H2/b16-7-. The van der Waals surface area contributed by atoms with Crippen LogP contribution in [0.4, 0.5) is 4.39 Å². The number of rotatable bonds is 4. The van der Waals surface area contributed by atoms with Crippen molar-refractivity contribution in [2.45, 2.75) is 5.75 Å². The van der Waals surface area contributed by atoms with E-state index in [1.54, 1.807) is 12.3 Å². The summed E-state index contributed by atoms with van der Waals surface area (Å²) >= 11 is 3.38. The molecule has 0 amide bonds. The Bertz CT molecular complexity index is 1110. The Morgan fingerprint density at radius 2 is 1.96 bits per heavy atom. The van der Waals surface area contributed by atoms with Crippen LogP contribution in [0.25, 0.3) is 17.0 Å². The number of aromatic amines is 1. The molecule has 25 heavy (non-hydrogen) atoms. The zero-order chi connectivity index (χ0) is 18.0. The van der Waals surface area contributed by atoms with Gasteiger partial charge in [-0.3, -0.25) is 0 Å². The average Bonchev–Trinajstić information content (AvgIpc) is 2.96. The third kappa shape index (κ3) is 3.81. The molecule has 0 saturated carbocycles. The number of fused-ring (bicyclic) bond motifs is 1. The van der Waals surface area contributed by atoms with E-state index in [1.165, 1.54) is 30.3 Å². The Morgan fingerprint density at radius 1 is 1.24 bits per heavy atom. The SMILES string of the molecule is N#C/C(=C/c1c[nH]c2ccc(Br)cc12)S(=O)(=O)Cc1ccc(F)cc1. The Labute approximate surface area is 152 Å². The third-order valence-corrected chi connectivity index (χ3v) is 5.76. The average molecular weight is 419 g/mol. The summed E-state index contributed by atoms with van der Waals surface area (Å²) in [6.45, 7) is 0. The van der Waals surface area contributed by atoms with Gasteiger partial charge in [-0.25, -0.2) is 12.8 Å². The number of hydrogen-bond donors (Lipinski definition) is 1. The molecule has 1 aromatic heterocycles. The summed E-state index contributed by atoms with van der Waals surface area (Å²) in [4.78, 5) is 2.71. The summed E-state index contributed by atoms with van der Waals surface area (Å²) in [7, 11) is -3.84. The van der Waals surface area contributed by atoms with Gasteiger partial charge in [-0.15, -0.1) is 0 Å². The first-order chi connectivity index (χ1) is 11.9. The highest BCUT2D eigenvalue weighted by Gasteiger charge is 2.19. The molecule has 3 rings (SSSR count). The topological polar surface area (TPSA) is 73.7 Å². The van der Waals surface area contributed by atoms with Crippen molar-refractivity contribution < 1.29 is 12.8 Å². The normalized spacial score (nSPS) is 12.3. The Balaban J connectivity index is 2.00. The van der Waals surface area contributed by atoms with Gasteiger partial charge in [0.1, 0.15) is 16.8 Å². The van der Waals surface area contributed by atoms with Crippen molar-refractivity contribution in [2.24, 2.45) is 0 Å². The van der Waals surface area contributed by atoms with Crippen LogP contribution in [0.2, 0.25) is 0 Å². The van der Waals surface area contributed by atoms with E-state index in [0.717, 1.165) is 15.4 Å². The molecule has 126 valence electrons. The molecular weight excluding hydrogens is 407 g/mol. The van der Waals surface area contributed by atoms with Gasteiger partial charge in [-0.1, -0.05) is 28.1 Å². The smallest absolute Gasteiger partial charge is 0.192 e. The molecule has 3 aromatic rings. The minimum absolute atomic E-state index is 0.335. The van der Waals surface area contributed by atoms with Crippen molar-refractivity contribution in [1.82, 2.24) is 4.98 Å². The molecular formula is C18H12BrFN2O2S. The molecule has 1 heterocycles. The van der Waals surface area contributed by atoms with E-state index in [9.17, 15) is 18.1 Å². The summed E-state index contributed by atoms with van der Waals surface area (Å²) in [6.07, 6.45) is 3.01. The first-order valence-corrected chi connectivity index (χ1v) is 9.69. The summed E-state index contributed by atoms with van der Waals surface area (Å²) < 4.78 is 38.9. The second-order valence-electron chi connectivity index (χ2n) is 5.44. The molecule has 0 unspecified atom stereocenters. The zero-order valence-electron chi connectivity index (χ0n) is 12.8. The summed E-state index contributed by atoms with van der Waals surface area (Å²) in [6, 6.07) is 12.5. The van der Waals surface area contributed by atoms with E-state index < -0.39 is 15.7 Å². The third-order valence-electron chi connectivity index (χ3n) is 3.68. The molecule has 0 aliphatic rings. The van der Waals surface area contributed by atoms with Crippen LogP contribution in [0.1, 0.15) is 11.1 Å². The fourth-order valence-electron chi connectivity index (χ4n) is 2.44. The van der Waals surface area contributed by atoms with Crippen LogP contribution < -0.4 is 0 Å². The van der Waals surface area contributed by atoms with E-state index in [-0.39, 0.29) is 10.7 Å². The number of sulfone groups is 1. The quantitative estimate of drug-likeness (QED) is 0.631. The maximum atomic E-state index is 13.0. The van der Waals surface area contributed by atoms with Crippen LogP contribution in [-0.4, -0.2) is 13.4 Å². The molecule has 4 nitrogen and oxygen atoms in total. The number of aromatic nitrogens is 1. The molecule has 0 spiro atoms. The van der Waals surface area contributed by atoms with E-state index in [4.69, 9.17) is 0 Å². The predicted molar refractivity (Wildman–Crippen MR) is 98.6 cm³/mol. The van der Waals surface area contributed by atoms with Crippen molar-refractivity contribution in [3.8, 4) is 6.07 Å². The van der Waals surface area contributed by atoms with E-state index in [1.807, 2.05) is 18.2 Å². The number of nitrogens with zero attached hydrogens (tertiary/aromatic N) is 1. The second kappa shape index (κ2) is 6.82. The van der Waals surface area contributed by atoms with Crippen LogP contribution in [0.15, 0.2) is 58.0 Å². The molecule has 0 aliphatic heterocycles. The summed E-state index contributed by atoms with van der Waals surface area (Å²) in [5.74, 6) is -0.805. The fourth-order valence-corrected chi connectivity index (χ4v) is 4.04. The van der Waals surface area contributed by atoms with Gasteiger partial charge in [0.25, 0.3) is 0 Å². The van der Waals surface area contributed by atoms with Crippen molar-refractivity contribution in [2.75, 3.05) is 0 Å². The maximum absolute atomic E-state index is 13.0. The molecule has 0 saturated heterocycles. The first kappa shape index (κ1) is 17.4. The van der Waals surface area contributed by atoms with Gasteiger partial charge in [0.05, 0.1) is 5.75 Å². The van der Waals surface area contributed by atoms with Crippen molar-refractivity contribution in [1.29, 1.82) is 5.26 Å². The Morgan fingerprint density at radius 3 is 2.64 bits per heavy atom. The zero-order valence-corrected chi connectivity index (χ0v) is 15.2. The molecule has 0 radical (unpaired) electrons. The van der Waals surface area contributed by atoms with Crippen LogP contribution in [0.3, 0.4) is 0 Å². The highest BCUT2D eigenvalue weighted by atomic mass is 79.9. The number of H-pyrrole nitrogens is 1. The monoisotopic (exact) mass is 418 g/mol. The van der Waals surface area contributed by atoms with Crippen LogP contribution in [-0.2, 0) is 15.6 Å². The lowest BCUT2D eigenvalue weighted by atomic mass is 10.1. The molecule has 0 bridgehead atoms. The van der Waals surface area contributed by atoms with Gasteiger partial charge < -0.3 is 4.98 Å². The number of nitriles is 1. The predicted octanol–water partition coefficient (Wildman–Crippen LogP) is 4.55. The molecule has 2 aromatic carbocycles. The minimum atomic E-state index is -3.84. The number of nitrogens with one attached hydrogen (secondary N) is 1. The van der Waals surface area contributed by atoms with Crippen LogP contribution in [0.5, 0.6) is 0 Å². The fraction of sp³-hybridized carbons (Fsp3) is 0.0556. The van der Waals surface area contributed by atoms with Gasteiger partial charge in [0, 0.05) is 27.1 Å². The summed E-state index contributed by atoms with van der Waals surface area (Å²) in [5.41, 5.74) is 1.86. The van der Waals surface area contributed by atoms with Crippen LogP contribution >= 0.6 is 15.9 Å². The summed E-state index contributed by atoms with van der Waals surface area (Å²) in [5, 5.41) is 10.1. The minimum Gasteiger partial charge on any atom is -0.361 e. The molecule has 7 heteroatoms. The van der Waals surface area contributed by atoms with Crippen LogP contribution in [0, 0.1) is 17.1 Å². The Hall–Kier alpha value is -2.43. The second-order valence-corrected chi connectivity index (χ2v) is 8.31. The lowest BCUT2D eigenvalue weighted by molar-refractivity contribution is 0.602. The Kier molecular flexibility index (Phi) is 4.75. The van der Waals surface area contributed by atoms with E-state index >= 15 is 0 Å². The highest BCUT2D eigenvalue weighted by molar-refractivity contribution is 9.10. The lowest BCUT2D eigenvalue weighted by Crippen LogP contribution is -2.06. The number of allylic oxidation sites excluding steroid dienone is 1. The molecule has 0 atom stereocenters. The van der Waals surface area contributed by atoms with Crippen molar-refractivity contribution in [3.63, 3.8) is 0 Å². The highest BCUT2D eigenvalue weighted by Crippen LogP contribution is 2.26. The maximum Gasteiger partial charge on any atom is 0.192 e. The van der Waals surface area contributed by atoms with Gasteiger partial charge in [-0.05, 0) is 42.0 Å². The number of hydrogen-bond acceptors (Lipinski definition) is 3. The van der Waals surface area contributed by atoms with Crippen molar-refractivity contribution >= 4 is 42.7 Å². The van der Waals surface area contributed by atoms with E-state index in [0.29, 0.717) is 11.1 Å². The molecule has 0 aliphatic carbocycles. The van der Waals surface area contributed by atoms with E-state index in [2.05, 4.69) is 20.9 Å². The number of benzene rings is 2. The molecule has 1 N–H and O–H groups in total. The van der Waals surface area contributed by atoms with Crippen molar-refractivity contribution in [3.05, 3.63) is 75.0 Å². The number of halogens is 2. The largest absolute Gasteiger partial charge is 0.361 e. The van der Waals surface area contributed by atoms with Gasteiger partial charge in [0.15, 0.2) is 9.84 Å². The molecule has 0 fully saturated rings. The first-order valence-electron chi connectivity index (χ1n) is 7.25. The lowest BCUT2D eigenvalue weighted by Gasteiger charge is -2.03.